The summed E-state index contributed by atoms with van der Waals surface area (Å²) in [5.41, 5.74) is 1.25. The molecule has 0 aliphatic carbocycles. The molecule has 0 bridgehead atoms. The van der Waals surface area contributed by atoms with Crippen LogP contribution in [-0.2, 0) is 4.79 Å². The van der Waals surface area contributed by atoms with Gasteiger partial charge in [-0.25, -0.2) is 4.39 Å². The maximum Gasteiger partial charge on any atom is 0.244 e. The van der Waals surface area contributed by atoms with Crippen LogP contribution in [0.15, 0.2) is 46.9 Å². The Morgan fingerprint density at radius 1 is 1.20 bits per heavy atom. The number of nitrogens with one attached hydrogen (secondary N) is 1. The summed E-state index contributed by atoms with van der Waals surface area (Å²) in [7, 11) is 0. The Hall–Kier alpha value is -2.34. The first-order valence-electron chi connectivity index (χ1n) is 7.86. The Morgan fingerprint density at radius 3 is 2.76 bits per heavy atom. The third kappa shape index (κ3) is 4.39. The van der Waals surface area contributed by atoms with Gasteiger partial charge in [0.2, 0.25) is 5.91 Å². The van der Waals surface area contributed by atoms with Crippen LogP contribution in [0.2, 0.25) is 0 Å². The summed E-state index contributed by atoms with van der Waals surface area (Å²) < 4.78 is 25.5. The quantitative estimate of drug-likeness (QED) is 0.773. The predicted molar refractivity (Wildman–Crippen MR) is 97.1 cm³/mol. The summed E-state index contributed by atoms with van der Waals surface area (Å²) >= 11 is 3.28. The maximum atomic E-state index is 13.7. The van der Waals surface area contributed by atoms with Gasteiger partial charge in [-0.3, -0.25) is 4.79 Å². The van der Waals surface area contributed by atoms with Gasteiger partial charge in [0.15, 0.2) is 11.5 Å². The molecule has 1 unspecified atom stereocenters. The minimum absolute atomic E-state index is 0.222. The molecule has 2 aromatic carbocycles. The van der Waals surface area contributed by atoms with Gasteiger partial charge in [0.1, 0.15) is 19.0 Å². The van der Waals surface area contributed by atoms with Gasteiger partial charge in [-0.1, -0.05) is 22.0 Å². The van der Waals surface area contributed by atoms with E-state index in [1.807, 2.05) is 25.1 Å². The van der Waals surface area contributed by atoms with Crippen molar-refractivity contribution in [3.63, 3.8) is 0 Å². The van der Waals surface area contributed by atoms with Gasteiger partial charge in [0.25, 0.3) is 0 Å². The molecule has 0 spiro atoms. The molecule has 25 heavy (non-hydrogen) atoms. The van der Waals surface area contributed by atoms with Crippen molar-refractivity contribution in [3.8, 4) is 11.5 Å². The van der Waals surface area contributed by atoms with E-state index in [-0.39, 0.29) is 17.8 Å². The monoisotopic (exact) mass is 405 g/mol. The van der Waals surface area contributed by atoms with E-state index in [1.54, 1.807) is 12.1 Å². The Morgan fingerprint density at radius 2 is 1.96 bits per heavy atom. The zero-order chi connectivity index (χ0) is 17.8. The molecule has 6 heteroatoms. The van der Waals surface area contributed by atoms with Crippen molar-refractivity contribution in [2.75, 3.05) is 13.2 Å². The zero-order valence-corrected chi connectivity index (χ0v) is 15.2. The highest BCUT2D eigenvalue weighted by Crippen LogP contribution is 2.32. The lowest BCUT2D eigenvalue weighted by Gasteiger charge is -2.20. The molecule has 1 N–H and O–H groups in total. The van der Waals surface area contributed by atoms with Gasteiger partial charge in [0.05, 0.1) is 6.04 Å². The number of carbonyl (C=O) groups excluding carboxylic acids is 1. The second kappa shape index (κ2) is 7.70. The van der Waals surface area contributed by atoms with E-state index in [4.69, 9.17) is 9.47 Å². The number of rotatable bonds is 4. The third-order valence-electron chi connectivity index (χ3n) is 3.80. The number of amides is 1. The number of hydrogen-bond donors (Lipinski definition) is 1. The van der Waals surface area contributed by atoms with Crippen molar-refractivity contribution in [1.29, 1.82) is 0 Å². The second-order valence-corrected chi connectivity index (χ2v) is 6.55. The molecule has 0 saturated heterocycles. The van der Waals surface area contributed by atoms with Crippen LogP contribution < -0.4 is 14.8 Å². The fraction of sp³-hybridized carbons (Fsp3) is 0.211. The van der Waals surface area contributed by atoms with Crippen molar-refractivity contribution in [3.05, 3.63) is 63.9 Å². The number of benzene rings is 2. The molecule has 0 aromatic heterocycles. The number of ether oxygens (including phenoxy) is 2. The van der Waals surface area contributed by atoms with Gasteiger partial charge < -0.3 is 14.8 Å². The lowest BCUT2D eigenvalue weighted by atomic mass is 10.1. The fourth-order valence-electron chi connectivity index (χ4n) is 2.48. The lowest BCUT2D eigenvalue weighted by Crippen LogP contribution is -2.25. The van der Waals surface area contributed by atoms with Gasteiger partial charge >= 0.3 is 0 Å². The lowest BCUT2D eigenvalue weighted by molar-refractivity contribution is -0.117. The molecule has 0 fully saturated rings. The summed E-state index contributed by atoms with van der Waals surface area (Å²) in [5.74, 6) is 0.698. The molecule has 1 heterocycles. The number of halogens is 2. The van der Waals surface area contributed by atoms with Crippen LogP contribution >= 0.6 is 15.9 Å². The van der Waals surface area contributed by atoms with Gasteiger partial charge in [0, 0.05) is 16.1 Å². The van der Waals surface area contributed by atoms with Crippen molar-refractivity contribution in [1.82, 2.24) is 5.32 Å². The molecule has 0 radical (unpaired) electrons. The molecule has 3 rings (SSSR count). The van der Waals surface area contributed by atoms with Crippen LogP contribution in [0, 0.1) is 5.82 Å². The van der Waals surface area contributed by atoms with Crippen LogP contribution in [0.1, 0.15) is 24.1 Å². The Bertz CT molecular complexity index is 822. The van der Waals surface area contributed by atoms with E-state index in [0.29, 0.717) is 30.3 Å². The first kappa shape index (κ1) is 17.5. The summed E-state index contributed by atoms with van der Waals surface area (Å²) in [6.07, 6.45) is 2.77. The smallest absolute Gasteiger partial charge is 0.244 e. The molecule has 1 atom stereocenters. The van der Waals surface area contributed by atoms with Crippen LogP contribution in [0.4, 0.5) is 4.39 Å². The highest BCUT2D eigenvalue weighted by Gasteiger charge is 2.15. The van der Waals surface area contributed by atoms with Crippen LogP contribution in [0.25, 0.3) is 6.08 Å². The van der Waals surface area contributed by atoms with E-state index < -0.39 is 0 Å². The standard InChI is InChI=1S/C19H17BrFNO3/c1-12(13-2-6-17-18(11-13)25-9-8-24-17)22-19(23)7-3-14-10-15(20)4-5-16(14)21/h2-7,10-12H,8-9H2,1H3,(H,22,23)/b7-3+. The number of carbonyl (C=O) groups is 1. The summed E-state index contributed by atoms with van der Waals surface area (Å²) in [6, 6.07) is 9.92. The topological polar surface area (TPSA) is 47.6 Å². The third-order valence-corrected chi connectivity index (χ3v) is 4.29. The summed E-state index contributed by atoms with van der Waals surface area (Å²) in [6.45, 7) is 2.92. The van der Waals surface area contributed by atoms with E-state index >= 15 is 0 Å². The average molecular weight is 406 g/mol. The van der Waals surface area contributed by atoms with Crippen molar-refractivity contribution in [2.24, 2.45) is 0 Å². The van der Waals surface area contributed by atoms with Gasteiger partial charge in [-0.2, -0.15) is 0 Å². The molecule has 2 aromatic rings. The second-order valence-electron chi connectivity index (χ2n) is 5.63. The SMILES string of the molecule is CC(NC(=O)/C=C/c1cc(Br)ccc1F)c1ccc2c(c1)OCCO2. The fourth-order valence-corrected chi connectivity index (χ4v) is 2.86. The maximum absolute atomic E-state index is 13.7. The van der Waals surface area contributed by atoms with E-state index in [1.165, 1.54) is 18.2 Å². The van der Waals surface area contributed by atoms with E-state index in [2.05, 4.69) is 21.2 Å². The Balaban J connectivity index is 1.66. The minimum atomic E-state index is -0.382. The number of hydrogen-bond acceptors (Lipinski definition) is 3. The highest BCUT2D eigenvalue weighted by atomic mass is 79.9. The first-order valence-corrected chi connectivity index (χ1v) is 8.65. The van der Waals surface area contributed by atoms with Crippen LogP contribution in [0.3, 0.4) is 0 Å². The molecule has 1 aliphatic heterocycles. The highest BCUT2D eigenvalue weighted by molar-refractivity contribution is 9.10. The molecular weight excluding hydrogens is 389 g/mol. The Labute approximate surface area is 153 Å². The van der Waals surface area contributed by atoms with Gasteiger partial charge in [-0.15, -0.1) is 0 Å². The molecule has 4 nitrogen and oxygen atoms in total. The van der Waals surface area contributed by atoms with E-state index in [9.17, 15) is 9.18 Å². The zero-order valence-electron chi connectivity index (χ0n) is 13.6. The molecule has 1 amide bonds. The molecule has 1 aliphatic rings. The minimum Gasteiger partial charge on any atom is -0.486 e. The average Bonchev–Trinajstić information content (AvgIpc) is 2.62. The van der Waals surface area contributed by atoms with E-state index in [0.717, 1.165) is 10.0 Å². The Kier molecular flexibility index (Phi) is 5.38. The predicted octanol–water partition coefficient (Wildman–Crippen LogP) is 4.25. The van der Waals surface area contributed by atoms with Crippen molar-refractivity contribution < 1.29 is 18.7 Å². The molecule has 0 saturated carbocycles. The normalized spacial score (nSPS) is 14.4. The van der Waals surface area contributed by atoms with Crippen molar-refractivity contribution in [2.45, 2.75) is 13.0 Å². The molecular formula is C19H17BrFNO3. The van der Waals surface area contributed by atoms with Gasteiger partial charge in [-0.05, 0) is 48.9 Å². The molecule has 130 valence electrons. The number of fused-ring (bicyclic) bond motifs is 1. The van der Waals surface area contributed by atoms with Crippen LogP contribution in [0.5, 0.6) is 11.5 Å². The largest absolute Gasteiger partial charge is 0.486 e. The first-order chi connectivity index (χ1) is 12.0. The van der Waals surface area contributed by atoms with Crippen LogP contribution in [-0.4, -0.2) is 19.1 Å². The summed E-state index contributed by atoms with van der Waals surface area (Å²) in [4.78, 5) is 12.1. The van der Waals surface area contributed by atoms with Crippen molar-refractivity contribution >= 4 is 27.9 Å². The summed E-state index contributed by atoms with van der Waals surface area (Å²) in [5, 5.41) is 2.85.